The Labute approximate surface area is 168 Å². The first-order chi connectivity index (χ1) is 11.8. The molecule has 5 nitrogen and oxygen atoms in total. The summed E-state index contributed by atoms with van der Waals surface area (Å²) in [6.45, 7) is 4.84. The molecule has 25 heavy (non-hydrogen) atoms. The van der Waals surface area contributed by atoms with Gasteiger partial charge >= 0.3 is 0 Å². The summed E-state index contributed by atoms with van der Waals surface area (Å²) < 4.78 is 2.07. The summed E-state index contributed by atoms with van der Waals surface area (Å²) in [5, 5.41) is 6.73. The largest absolute Gasteiger partial charge is 0.356 e. The molecule has 0 amide bonds. The molecular formula is C19H30IN5. The van der Waals surface area contributed by atoms with Crippen molar-refractivity contribution in [3.05, 3.63) is 54.1 Å². The summed E-state index contributed by atoms with van der Waals surface area (Å²) in [5.41, 5.74) is 2.52. The average Bonchev–Trinajstić information content (AvgIpc) is 3.12. The number of guanidine groups is 1. The van der Waals surface area contributed by atoms with Crippen LogP contribution >= 0.6 is 24.0 Å². The number of benzene rings is 1. The Balaban J connectivity index is 0.00000312. The molecule has 0 spiro atoms. The third-order valence-corrected chi connectivity index (χ3v) is 3.95. The molecule has 2 rings (SSSR count). The molecule has 0 aliphatic carbocycles. The zero-order chi connectivity index (χ0) is 17.0. The lowest BCUT2D eigenvalue weighted by molar-refractivity contribution is 0.647. The normalized spacial score (nSPS) is 11.0. The van der Waals surface area contributed by atoms with Crippen LogP contribution in [0.4, 0.5) is 0 Å². The maximum atomic E-state index is 4.27. The number of nitrogens with zero attached hydrogens (tertiary/aromatic N) is 3. The summed E-state index contributed by atoms with van der Waals surface area (Å²) in [5.74, 6) is 0.869. The third kappa shape index (κ3) is 8.38. The fourth-order valence-electron chi connectivity index (χ4n) is 2.52. The summed E-state index contributed by atoms with van der Waals surface area (Å²) >= 11 is 0. The van der Waals surface area contributed by atoms with Crippen molar-refractivity contribution in [3.63, 3.8) is 0 Å². The van der Waals surface area contributed by atoms with Crippen LogP contribution in [-0.4, -0.2) is 29.1 Å². The van der Waals surface area contributed by atoms with Crippen LogP contribution in [0.3, 0.4) is 0 Å². The van der Waals surface area contributed by atoms with Gasteiger partial charge in [0.2, 0.25) is 0 Å². The standard InChI is InChI=1S/C19H29N5.HI/c1-3-4-5-6-11-22-19(20-2)23-14-17-7-9-18(10-8-17)15-24-13-12-21-16-24;/h7-10,12-13,16H,3-6,11,14-15H2,1-2H3,(H2,20,22,23);1H. The van der Waals surface area contributed by atoms with Crippen LogP contribution in [0.5, 0.6) is 0 Å². The van der Waals surface area contributed by atoms with E-state index in [0.29, 0.717) is 0 Å². The van der Waals surface area contributed by atoms with Gasteiger partial charge in [0.05, 0.1) is 6.33 Å². The van der Waals surface area contributed by atoms with Crippen molar-refractivity contribution < 1.29 is 0 Å². The van der Waals surface area contributed by atoms with Crippen LogP contribution in [0.1, 0.15) is 43.7 Å². The second kappa shape index (κ2) is 12.7. The molecule has 0 aliphatic heterocycles. The summed E-state index contributed by atoms with van der Waals surface area (Å²) in [6, 6.07) is 8.65. The molecule has 1 heterocycles. The SMILES string of the molecule is CCCCCCNC(=NC)NCc1ccc(Cn2ccnc2)cc1.I. The van der Waals surface area contributed by atoms with E-state index < -0.39 is 0 Å². The molecule has 1 aromatic carbocycles. The number of hydrogen-bond donors (Lipinski definition) is 2. The number of halogens is 1. The average molecular weight is 455 g/mol. The molecule has 2 aromatic rings. The van der Waals surface area contributed by atoms with Crippen molar-refractivity contribution in [2.75, 3.05) is 13.6 Å². The minimum absolute atomic E-state index is 0. The maximum Gasteiger partial charge on any atom is 0.191 e. The highest BCUT2D eigenvalue weighted by atomic mass is 127. The number of rotatable bonds is 9. The van der Waals surface area contributed by atoms with Crippen LogP contribution in [0.2, 0.25) is 0 Å². The van der Waals surface area contributed by atoms with Gasteiger partial charge in [0.25, 0.3) is 0 Å². The van der Waals surface area contributed by atoms with Crippen molar-refractivity contribution in [1.29, 1.82) is 0 Å². The Morgan fingerprint density at radius 3 is 2.48 bits per heavy atom. The molecule has 0 radical (unpaired) electrons. The van der Waals surface area contributed by atoms with E-state index in [2.05, 4.69) is 56.4 Å². The quantitative estimate of drug-likeness (QED) is 0.262. The Kier molecular flexibility index (Phi) is 10.9. The van der Waals surface area contributed by atoms with Gasteiger partial charge in [-0.1, -0.05) is 50.5 Å². The van der Waals surface area contributed by atoms with E-state index in [1.165, 1.54) is 36.8 Å². The van der Waals surface area contributed by atoms with Crippen molar-refractivity contribution in [3.8, 4) is 0 Å². The summed E-state index contributed by atoms with van der Waals surface area (Å²) in [7, 11) is 1.82. The van der Waals surface area contributed by atoms with E-state index in [9.17, 15) is 0 Å². The van der Waals surface area contributed by atoms with E-state index in [1.54, 1.807) is 6.20 Å². The number of unbranched alkanes of at least 4 members (excludes halogenated alkanes) is 3. The van der Waals surface area contributed by atoms with Crippen LogP contribution in [0, 0.1) is 0 Å². The number of aliphatic imine (C=N–C) groups is 1. The van der Waals surface area contributed by atoms with Crippen molar-refractivity contribution >= 4 is 29.9 Å². The zero-order valence-corrected chi connectivity index (χ0v) is 17.6. The lowest BCUT2D eigenvalue weighted by Gasteiger charge is -2.12. The highest BCUT2D eigenvalue weighted by molar-refractivity contribution is 14.0. The minimum Gasteiger partial charge on any atom is -0.356 e. The third-order valence-electron chi connectivity index (χ3n) is 3.95. The highest BCUT2D eigenvalue weighted by Crippen LogP contribution is 2.06. The van der Waals surface area contributed by atoms with Crippen molar-refractivity contribution in [2.45, 2.75) is 45.7 Å². The molecule has 0 fully saturated rings. The Hall–Kier alpha value is -1.57. The van der Waals surface area contributed by atoms with Gasteiger partial charge in [-0.05, 0) is 17.5 Å². The fourth-order valence-corrected chi connectivity index (χ4v) is 2.52. The summed E-state index contributed by atoms with van der Waals surface area (Å²) in [6.07, 6.45) is 10.7. The molecule has 0 bridgehead atoms. The number of aromatic nitrogens is 2. The molecule has 0 saturated heterocycles. The lowest BCUT2D eigenvalue weighted by Crippen LogP contribution is -2.37. The van der Waals surface area contributed by atoms with E-state index in [4.69, 9.17) is 0 Å². The molecule has 138 valence electrons. The molecule has 0 atom stereocenters. The number of nitrogens with one attached hydrogen (secondary N) is 2. The molecule has 0 aliphatic rings. The van der Waals surface area contributed by atoms with Gasteiger partial charge in [0.1, 0.15) is 0 Å². The Bertz CT molecular complexity index is 593. The van der Waals surface area contributed by atoms with Gasteiger partial charge in [0.15, 0.2) is 5.96 Å². The highest BCUT2D eigenvalue weighted by Gasteiger charge is 1.99. The van der Waals surface area contributed by atoms with E-state index in [1.807, 2.05) is 19.6 Å². The predicted molar refractivity (Wildman–Crippen MR) is 116 cm³/mol. The molecular weight excluding hydrogens is 425 g/mol. The molecule has 6 heteroatoms. The van der Waals surface area contributed by atoms with Crippen LogP contribution in [-0.2, 0) is 13.1 Å². The van der Waals surface area contributed by atoms with Crippen LogP contribution in [0.15, 0.2) is 48.0 Å². The van der Waals surface area contributed by atoms with Crippen molar-refractivity contribution in [2.24, 2.45) is 4.99 Å². The van der Waals surface area contributed by atoms with E-state index in [0.717, 1.165) is 25.6 Å². The smallest absolute Gasteiger partial charge is 0.191 e. The monoisotopic (exact) mass is 455 g/mol. The van der Waals surface area contributed by atoms with Gasteiger partial charge in [0, 0.05) is 39.1 Å². The Morgan fingerprint density at radius 1 is 1.08 bits per heavy atom. The molecule has 0 unspecified atom stereocenters. The van der Waals surface area contributed by atoms with Gasteiger partial charge in [-0.2, -0.15) is 0 Å². The maximum absolute atomic E-state index is 4.27. The first kappa shape index (κ1) is 21.5. The van der Waals surface area contributed by atoms with Crippen LogP contribution < -0.4 is 10.6 Å². The Morgan fingerprint density at radius 2 is 1.84 bits per heavy atom. The second-order valence-electron chi connectivity index (χ2n) is 5.96. The topological polar surface area (TPSA) is 54.2 Å². The van der Waals surface area contributed by atoms with E-state index in [-0.39, 0.29) is 24.0 Å². The molecule has 2 N–H and O–H groups in total. The van der Waals surface area contributed by atoms with Gasteiger partial charge in [-0.25, -0.2) is 4.98 Å². The van der Waals surface area contributed by atoms with Crippen LogP contribution in [0.25, 0.3) is 0 Å². The first-order valence-corrected chi connectivity index (χ1v) is 8.80. The zero-order valence-electron chi connectivity index (χ0n) is 15.2. The minimum atomic E-state index is 0. The van der Waals surface area contributed by atoms with E-state index >= 15 is 0 Å². The molecule has 1 aromatic heterocycles. The first-order valence-electron chi connectivity index (χ1n) is 8.80. The lowest BCUT2D eigenvalue weighted by atomic mass is 10.1. The molecule has 0 saturated carbocycles. The predicted octanol–water partition coefficient (Wildman–Crippen LogP) is 3.79. The van der Waals surface area contributed by atoms with Gasteiger partial charge < -0.3 is 15.2 Å². The fraction of sp³-hybridized carbons (Fsp3) is 0.474. The van der Waals surface area contributed by atoms with Gasteiger partial charge in [-0.3, -0.25) is 4.99 Å². The van der Waals surface area contributed by atoms with Gasteiger partial charge in [-0.15, -0.1) is 24.0 Å². The number of hydrogen-bond acceptors (Lipinski definition) is 2. The summed E-state index contributed by atoms with van der Waals surface area (Å²) in [4.78, 5) is 8.34. The number of imidazole rings is 1. The van der Waals surface area contributed by atoms with Crippen molar-refractivity contribution in [1.82, 2.24) is 20.2 Å². The second-order valence-corrected chi connectivity index (χ2v) is 5.96.